The van der Waals surface area contributed by atoms with Crippen LogP contribution in [-0.4, -0.2) is 37.0 Å². The van der Waals surface area contributed by atoms with E-state index in [0.717, 1.165) is 37.3 Å². The molecule has 3 amide bonds. The monoisotopic (exact) mass is 303 g/mol. The van der Waals surface area contributed by atoms with Crippen LogP contribution in [-0.2, 0) is 4.79 Å². The third-order valence-electron chi connectivity index (χ3n) is 4.36. The maximum Gasteiger partial charge on any atom is 0.321 e. The lowest BCUT2D eigenvalue weighted by Gasteiger charge is -2.32. The van der Waals surface area contributed by atoms with Crippen molar-refractivity contribution in [1.82, 2.24) is 4.90 Å². The summed E-state index contributed by atoms with van der Waals surface area (Å²) in [4.78, 5) is 27.1. The second-order valence-electron chi connectivity index (χ2n) is 5.92. The topological polar surface area (TPSA) is 52.7 Å². The summed E-state index contributed by atoms with van der Waals surface area (Å²) in [6.07, 6.45) is 3.41. The summed E-state index contributed by atoms with van der Waals surface area (Å²) in [5.41, 5.74) is 1.57. The van der Waals surface area contributed by atoms with E-state index >= 15 is 0 Å². The average molecular weight is 303 g/mol. The molecule has 2 rings (SSSR count). The third kappa shape index (κ3) is 4.00. The fourth-order valence-corrected chi connectivity index (χ4v) is 2.74. The summed E-state index contributed by atoms with van der Waals surface area (Å²) in [5.74, 6) is 0.599. The number of piperidine rings is 1. The van der Waals surface area contributed by atoms with E-state index in [1.807, 2.05) is 29.2 Å². The number of likely N-dealkylation sites (tertiary alicyclic amines) is 1. The molecule has 1 aliphatic rings. The molecule has 5 nitrogen and oxygen atoms in total. The van der Waals surface area contributed by atoms with Gasteiger partial charge in [0.2, 0.25) is 5.91 Å². The van der Waals surface area contributed by atoms with E-state index in [9.17, 15) is 9.59 Å². The number of rotatable bonds is 3. The average Bonchev–Trinajstić information content (AvgIpc) is 2.54. The van der Waals surface area contributed by atoms with E-state index < -0.39 is 0 Å². The summed E-state index contributed by atoms with van der Waals surface area (Å²) in [6.45, 7) is 5.37. The largest absolute Gasteiger partial charge is 0.324 e. The third-order valence-corrected chi connectivity index (χ3v) is 4.36. The van der Waals surface area contributed by atoms with Crippen molar-refractivity contribution in [1.29, 1.82) is 0 Å². The smallest absolute Gasteiger partial charge is 0.321 e. The van der Waals surface area contributed by atoms with Crippen molar-refractivity contribution < 1.29 is 9.59 Å². The molecule has 1 aromatic rings. The Morgan fingerprint density at radius 1 is 1.32 bits per heavy atom. The van der Waals surface area contributed by atoms with Gasteiger partial charge >= 0.3 is 6.03 Å². The predicted octanol–water partition coefficient (Wildman–Crippen LogP) is 3.32. The molecule has 1 aromatic carbocycles. The van der Waals surface area contributed by atoms with Gasteiger partial charge in [-0.2, -0.15) is 0 Å². The van der Waals surface area contributed by atoms with Crippen molar-refractivity contribution in [2.75, 3.05) is 30.4 Å². The lowest BCUT2D eigenvalue weighted by Crippen LogP contribution is -2.42. The molecule has 0 aliphatic carbocycles. The van der Waals surface area contributed by atoms with Gasteiger partial charge < -0.3 is 15.1 Å². The Labute approximate surface area is 132 Å². The van der Waals surface area contributed by atoms with Gasteiger partial charge in [-0.15, -0.1) is 0 Å². The molecule has 0 radical (unpaired) electrons. The Balaban J connectivity index is 1.95. The van der Waals surface area contributed by atoms with E-state index in [0.29, 0.717) is 5.92 Å². The number of urea groups is 1. The molecule has 22 heavy (non-hydrogen) atoms. The Morgan fingerprint density at radius 3 is 2.59 bits per heavy atom. The van der Waals surface area contributed by atoms with Crippen molar-refractivity contribution >= 4 is 23.3 Å². The van der Waals surface area contributed by atoms with Crippen molar-refractivity contribution in [3.8, 4) is 0 Å². The van der Waals surface area contributed by atoms with Crippen LogP contribution >= 0.6 is 0 Å². The molecule has 1 heterocycles. The van der Waals surface area contributed by atoms with Crippen LogP contribution in [0, 0.1) is 5.92 Å². The Morgan fingerprint density at radius 2 is 2.00 bits per heavy atom. The highest BCUT2D eigenvalue weighted by atomic mass is 16.2. The van der Waals surface area contributed by atoms with Crippen LogP contribution < -0.4 is 10.2 Å². The molecule has 0 aromatic heterocycles. The SMILES string of the molecule is CCC1CCCN(C(=O)Nc2ccc(N(C)C(C)=O)cc2)C1. The first-order valence-electron chi connectivity index (χ1n) is 7.91. The second kappa shape index (κ2) is 7.29. The number of carbonyl (C=O) groups excluding carboxylic acids is 2. The predicted molar refractivity (Wildman–Crippen MR) is 89.1 cm³/mol. The highest BCUT2D eigenvalue weighted by molar-refractivity contribution is 5.92. The van der Waals surface area contributed by atoms with E-state index in [2.05, 4.69) is 12.2 Å². The second-order valence-corrected chi connectivity index (χ2v) is 5.92. The van der Waals surface area contributed by atoms with Crippen molar-refractivity contribution in [2.45, 2.75) is 33.1 Å². The van der Waals surface area contributed by atoms with Gasteiger partial charge in [-0.25, -0.2) is 4.79 Å². The number of carbonyl (C=O) groups is 2. The number of hydrogen-bond acceptors (Lipinski definition) is 2. The van der Waals surface area contributed by atoms with Crippen LogP contribution in [0.5, 0.6) is 0 Å². The van der Waals surface area contributed by atoms with Crippen LogP contribution in [0.25, 0.3) is 0 Å². The van der Waals surface area contributed by atoms with Crippen molar-refractivity contribution in [3.63, 3.8) is 0 Å². The van der Waals surface area contributed by atoms with Crippen molar-refractivity contribution in [2.24, 2.45) is 5.92 Å². The summed E-state index contributed by atoms with van der Waals surface area (Å²) >= 11 is 0. The maximum absolute atomic E-state index is 12.3. The molecule has 1 fully saturated rings. The molecule has 0 saturated carbocycles. The number of nitrogens with one attached hydrogen (secondary N) is 1. The van der Waals surface area contributed by atoms with E-state index in [1.165, 1.54) is 13.3 Å². The van der Waals surface area contributed by atoms with Crippen LogP contribution in [0.3, 0.4) is 0 Å². The van der Waals surface area contributed by atoms with E-state index in [1.54, 1.807) is 11.9 Å². The van der Waals surface area contributed by atoms with Gasteiger partial charge in [0.15, 0.2) is 0 Å². The standard InChI is InChI=1S/C17H25N3O2/c1-4-14-6-5-11-20(12-14)17(22)18-15-7-9-16(10-8-15)19(3)13(2)21/h7-10,14H,4-6,11-12H2,1-3H3,(H,18,22). The zero-order valence-electron chi connectivity index (χ0n) is 13.6. The zero-order valence-corrected chi connectivity index (χ0v) is 13.6. The first kappa shape index (κ1) is 16.3. The van der Waals surface area contributed by atoms with E-state index in [4.69, 9.17) is 0 Å². The van der Waals surface area contributed by atoms with Crippen LogP contribution in [0.2, 0.25) is 0 Å². The summed E-state index contributed by atoms with van der Waals surface area (Å²) < 4.78 is 0. The Kier molecular flexibility index (Phi) is 5.41. The van der Waals surface area contributed by atoms with Crippen LogP contribution in [0.1, 0.15) is 33.1 Å². The van der Waals surface area contributed by atoms with E-state index in [-0.39, 0.29) is 11.9 Å². The minimum absolute atomic E-state index is 0.0179. The number of amides is 3. The fraction of sp³-hybridized carbons (Fsp3) is 0.529. The summed E-state index contributed by atoms with van der Waals surface area (Å²) in [6, 6.07) is 7.29. The molecular formula is C17H25N3O2. The van der Waals surface area contributed by atoms with Gasteiger partial charge in [-0.05, 0) is 43.0 Å². The molecule has 0 bridgehead atoms. The minimum Gasteiger partial charge on any atom is -0.324 e. The minimum atomic E-state index is -0.0363. The molecule has 1 unspecified atom stereocenters. The molecule has 1 aliphatic heterocycles. The normalized spacial score (nSPS) is 18.0. The first-order chi connectivity index (χ1) is 10.5. The molecule has 120 valence electrons. The van der Waals surface area contributed by atoms with Gasteiger partial charge in [0, 0.05) is 38.4 Å². The quantitative estimate of drug-likeness (QED) is 0.931. The first-order valence-corrected chi connectivity index (χ1v) is 7.91. The van der Waals surface area contributed by atoms with Crippen molar-refractivity contribution in [3.05, 3.63) is 24.3 Å². The molecule has 1 saturated heterocycles. The maximum atomic E-state index is 12.3. The highest BCUT2D eigenvalue weighted by Gasteiger charge is 2.22. The number of hydrogen-bond donors (Lipinski definition) is 1. The van der Waals surface area contributed by atoms with Gasteiger partial charge in [0.25, 0.3) is 0 Å². The summed E-state index contributed by atoms with van der Waals surface area (Å²) in [7, 11) is 1.73. The molecule has 5 heteroatoms. The van der Waals surface area contributed by atoms with Crippen LogP contribution in [0.15, 0.2) is 24.3 Å². The molecular weight excluding hydrogens is 278 g/mol. The lowest BCUT2D eigenvalue weighted by atomic mass is 9.96. The van der Waals surface area contributed by atoms with Gasteiger partial charge in [-0.3, -0.25) is 4.79 Å². The zero-order chi connectivity index (χ0) is 16.1. The number of nitrogens with zero attached hydrogens (tertiary/aromatic N) is 2. The molecule has 1 N–H and O–H groups in total. The van der Waals surface area contributed by atoms with Gasteiger partial charge in [0.05, 0.1) is 0 Å². The molecule has 1 atom stereocenters. The van der Waals surface area contributed by atoms with Gasteiger partial charge in [-0.1, -0.05) is 13.3 Å². The Bertz CT molecular complexity index is 527. The molecule has 0 spiro atoms. The lowest BCUT2D eigenvalue weighted by molar-refractivity contribution is -0.116. The number of benzene rings is 1. The van der Waals surface area contributed by atoms with Crippen LogP contribution in [0.4, 0.5) is 16.2 Å². The van der Waals surface area contributed by atoms with Gasteiger partial charge in [0.1, 0.15) is 0 Å². The fourth-order valence-electron chi connectivity index (χ4n) is 2.74. The summed E-state index contributed by atoms with van der Waals surface area (Å²) in [5, 5.41) is 2.94. The number of anilines is 2. The Hall–Kier alpha value is -2.04. The highest BCUT2D eigenvalue weighted by Crippen LogP contribution is 2.21.